The summed E-state index contributed by atoms with van der Waals surface area (Å²) in [4.78, 5) is 5.67. The Morgan fingerprint density at radius 2 is 1.65 bits per heavy atom. The van der Waals surface area contributed by atoms with Gasteiger partial charge in [-0.15, -0.1) is 0 Å². The molecule has 0 unspecified atom stereocenters. The molecule has 26 heavy (non-hydrogen) atoms. The SMILES string of the molecule is O=S(=O)(c1ccc(F)cc1)N1CCN(Cc2c[nH]c3ccccc23)CC1. The fourth-order valence-electron chi connectivity index (χ4n) is 3.39. The number of H-pyrrole nitrogens is 1. The van der Waals surface area contributed by atoms with Crippen LogP contribution in [0.3, 0.4) is 0 Å². The predicted molar refractivity (Wildman–Crippen MR) is 98.7 cm³/mol. The molecular weight excluding hydrogens is 353 g/mol. The third kappa shape index (κ3) is 3.25. The molecule has 1 aliphatic heterocycles. The summed E-state index contributed by atoms with van der Waals surface area (Å²) >= 11 is 0. The first-order chi connectivity index (χ1) is 12.5. The molecule has 1 saturated heterocycles. The van der Waals surface area contributed by atoms with Gasteiger partial charge < -0.3 is 4.98 Å². The molecular formula is C19H20FN3O2S. The van der Waals surface area contributed by atoms with E-state index in [1.54, 1.807) is 0 Å². The highest BCUT2D eigenvalue weighted by molar-refractivity contribution is 7.89. The molecule has 4 rings (SSSR count). The summed E-state index contributed by atoms with van der Waals surface area (Å²) < 4.78 is 39.9. The van der Waals surface area contributed by atoms with E-state index in [1.807, 2.05) is 24.4 Å². The Labute approximate surface area is 152 Å². The van der Waals surface area contributed by atoms with Crippen molar-refractivity contribution in [1.82, 2.24) is 14.2 Å². The maximum atomic E-state index is 13.0. The van der Waals surface area contributed by atoms with E-state index in [-0.39, 0.29) is 4.90 Å². The lowest BCUT2D eigenvalue weighted by Gasteiger charge is -2.33. The van der Waals surface area contributed by atoms with Crippen LogP contribution >= 0.6 is 0 Å². The van der Waals surface area contributed by atoms with Crippen molar-refractivity contribution in [3.63, 3.8) is 0 Å². The van der Waals surface area contributed by atoms with Crippen molar-refractivity contribution in [1.29, 1.82) is 0 Å². The molecule has 0 amide bonds. The van der Waals surface area contributed by atoms with E-state index in [1.165, 1.54) is 39.5 Å². The first kappa shape index (κ1) is 17.2. The number of benzene rings is 2. The molecule has 2 aromatic carbocycles. The highest BCUT2D eigenvalue weighted by Crippen LogP contribution is 2.22. The fourth-order valence-corrected chi connectivity index (χ4v) is 4.81. The zero-order valence-corrected chi connectivity index (χ0v) is 15.0. The highest BCUT2D eigenvalue weighted by atomic mass is 32.2. The van der Waals surface area contributed by atoms with E-state index in [0.717, 1.165) is 12.1 Å². The van der Waals surface area contributed by atoms with Crippen LogP contribution in [0.15, 0.2) is 59.6 Å². The van der Waals surface area contributed by atoms with Crippen LogP contribution in [-0.4, -0.2) is 48.8 Å². The molecule has 3 aromatic rings. The van der Waals surface area contributed by atoms with Gasteiger partial charge in [-0.2, -0.15) is 4.31 Å². The van der Waals surface area contributed by atoms with Crippen molar-refractivity contribution >= 4 is 20.9 Å². The quantitative estimate of drug-likeness (QED) is 0.765. The largest absolute Gasteiger partial charge is 0.361 e. The van der Waals surface area contributed by atoms with E-state index in [0.29, 0.717) is 26.2 Å². The summed E-state index contributed by atoms with van der Waals surface area (Å²) in [5, 5.41) is 1.20. The van der Waals surface area contributed by atoms with Gasteiger partial charge in [-0.1, -0.05) is 18.2 Å². The molecule has 0 aliphatic carbocycles. The Morgan fingerprint density at radius 1 is 0.962 bits per heavy atom. The lowest BCUT2D eigenvalue weighted by Crippen LogP contribution is -2.48. The number of nitrogens with zero attached hydrogens (tertiary/aromatic N) is 2. The molecule has 0 atom stereocenters. The number of para-hydroxylation sites is 1. The average Bonchev–Trinajstić information content (AvgIpc) is 3.06. The lowest BCUT2D eigenvalue weighted by molar-refractivity contribution is 0.182. The summed E-state index contributed by atoms with van der Waals surface area (Å²) in [6.45, 7) is 2.98. The van der Waals surface area contributed by atoms with E-state index in [4.69, 9.17) is 0 Å². The third-order valence-electron chi connectivity index (χ3n) is 4.85. The summed E-state index contributed by atoms with van der Waals surface area (Å²) in [5.74, 6) is -0.438. The number of sulfonamides is 1. The van der Waals surface area contributed by atoms with Crippen molar-refractivity contribution < 1.29 is 12.8 Å². The second kappa shape index (κ2) is 6.83. The van der Waals surface area contributed by atoms with E-state index < -0.39 is 15.8 Å². The zero-order chi connectivity index (χ0) is 18.1. The fraction of sp³-hybridized carbons (Fsp3) is 0.263. The zero-order valence-electron chi connectivity index (χ0n) is 14.2. The predicted octanol–water partition coefficient (Wildman–Crippen LogP) is 2.81. The average molecular weight is 373 g/mol. The Kier molecular flexibility index (Phi) is 4.52. The van der Waals surface area contributed by atoms with Crippen LogP contribution < -0.4 is 0 Å². The molecule has 0 spiro atoms. The Hall–Kier alpha value is -2.22. The molecule has 1 fully saturated rings. The molecule has 1 N–H and O–H groups in total. The highest BCUT2D eigenvalue weighted by Gasteiger charge is 2.28. The van der Waals surface area contributed by atoms with Gasteiger partial charge in [-0.3, -0.25) is 4.90 Å². The Balaban J connectivity index is 1.43. The van der Waals surface area contributed by atoms with E-state index in [9.17, 15) is 12.8 Å². The number of hydrogen-bond donors (Lipinski definition) is 1. The minimum atomic E-state index is -3.57. The first-order valence-corrected chi connectivity index (χ1v) is 10.0. The van der Waals surface area contributed by atoms with E-state index in [2.05, 4.69) is 16.0 Å². The molecule has 0 bridgehead atoms. The van der Waals surface area contributed by atoms with Crippen LogP contribution in [0, 0.1) is 5.82 Å². The molecule has 136 valence electrons. The minimum Gasteiger partial charge on any atom is -0.361 e. The van der Waals surface area contributed by atoms with Gasteiger partial charge in [-0.25, -0.2) is 12.8 Å². The van der Waals surface area contributed by atoms with Gasteiger partial charge in [-0.05, 0) is 35.9 Å². The Bertz CT molecular complexity index is 1010. The smallest absolute Gasteiger partial charge is 0.243 e. The number of aromatic nitrogens is 1. The van der Waals surface area contributed by atoms with Crippen LogP contribution in [0.1, 0.15) is 5.56 Å². The molecule has 0 saturated carbocycles. The maximum Gasteiger partial charge on any atom is 0.243 e. The van der Waals surface area contributed by atoms with Crippen LogP contribution in [0.25, 0.3) is 10.9 Å². The van der Waals surface area contributed by atoms with Gasteiger partial charge in [0.2, 0.25) is 10.0 Å². The van der Waals surface area contributed by atoms with E-state index >= 15 is 0 Å². The number of aromatic amines is 1. The summed E-state index contributed by atoms with van der Waals surface area (Å²) in [6.07, 6.45) is 2.02. The van der Waals surface area contributed by atoms with Crippen LogP contribution in [0.2, 0.25) is 0 Å². The standard InChI is InChI=1S/C19H20FN3O2S/c20-16-5-7-17(8-6-16)26(24,25)23-11-9-22(10-12-23)14-15-13-21-19-4-2-1-3-18(15)19/h1-8,13,21H,9-12,14H2. The van der Waals surface area contributed by atoms with Crippen molar-refractivity contribution in [2.24, 2.45) is 0 Å². The summed E-state index contributed by atoms with van der Waals surface area (Å²) in [6, 6.07) is 13.2. The summed E-state index contributed by atoms with van der Waals surface area (Å²) in [5.41, 5.74) is 2.33. The third-order valence-corrected chi connectivity index (χ3v) is 6.76. The van der Waals surface area contributed by atoms with Gasteiger partial charge >= 0.3 is 0 Å². The number of halogens is 1. The van der Waals surface area contributed by atoms with Crippen LogP contribution in [-0.2, 0) is 16.6 Å². The van der Waals surface area contributed by atoms with Gasteiger partial charge in [0.1, 0.15) is 5.82 Å². The molecule has 2 heterocycles. The maximum absolute atomic E-state index is 13.0. The Morgan fingerprint density at radius 3 is 2.38 bits per heavy atom. The summed E-state index contributed by atoms with van der Waals surface area (Å²) in [7, 11) is -3.57. The molecule has 5 nitrogen and oxygen atoms in total. The molecule has 0 radical (unpaired) electrons. The van der Waals surface area contributed by atoms with Crippen LogP contribution in [0.5, 0.6) is 0 Å². The lowest BCUT2D eigenvalue weighted by atomic mass is 10.1. The first-order valence-electron chi connectivity index (χ1n) is 8.57. The van der Waals surface area contributed by atoms with Crippen molar-refractivity contribution in [3.8, 4) is 0 Å². The molecule has 1 aromatic heterocycles. The van der Waals surface area contributed by atoms with Gasteiger partial charge in [0.05, 0.1) is 4.90 Å². The molecule has 1 aliphatic rings. The van der Waals surface area contributed by atoms with Gasteiger partial charge in [0, 0.05) is 49.8 Å². The number of piperazine rings is 1. The van der Waals surface area contributed by atoms with Crippen molar-refractivity contribution in [2.75, 3.05) is 26.2 Å². The van der Waals surface area contributed by atoms with Crippen molar-refractivity contribution in [2.45, 2.75) is 11.4 Å². The number of hydrogen-bond acceptors (Lipinski definition) is 3. The van der Waals surface area contributed by atoms with Gasteiger partial charge in [0.25, 0.3) is 0 Å². The minimum absolute atomic E-state index is 0.143. The number of fused-ring (bicyclic) bond motifs is 1. The second-order valence-corrected chi connectivity index (χ2v) is 8.43. The number of nitrogens with one attached hydrogen (secondary N) is 1. The van der Waals surface area contributed by atoms with Crippen LogP contribution in [0.4, 0.5) is 4.39 Å². The topological polar surface area (TPSA) is 56.4 Å². The van der Waals surface area contributed by atoms with Gasteiger partial charge in [0.15, 0.2) is 0 Å². The molecule has 7 heteroatoms. The second-order valence-electron chi connectivity index (χ2n) is 6.49. The van der Waals surface area contributed by atoms with Crippen molar-refractivity contribution in [3.05, 3.63) is 66.1 Å². The normalized spacial score (nSPS) is 17.0. The monoisotopic (exact) mass is 373 g/mol. The number of rotatable bonds is 4.